The minimum absolute atomic E-state index is 0.0515. The Morgan fingerprint density at radius 2 is 1.90 bits per heavy atom. The molecule has 0 aliphatic heterocycles. The molecule has 30 heavy (non-hydrogen) atoms. The van der Waals surface area contributed by atoms with Crippen LogP contribution in [0.25, 0.3) is 11.0 Å². The Labute approximate surface area is 181 Å². The van der Waals surface area contributed by atoms with Crippen molar-refractivity contribution in [2.75, 3.05) is 13.2 Å². The lowest BCUT2D eigenvalue weighted by atomic mass is 10.2. The smallest absolute Gasteiger partial charge is 0.341 e. The highest BCUT2D eigenvalue weighted by atomic mass is 35.5. The molecule has 0 aliphatic rings. The SMILES string of the molecule is CCOc1ccc2oc(C(=O)N/N=C/c3cc(Cl)c(OCC(=O)O)c(Cl)c3)cc2c1. The van der Waals surface area contributed by atoms with Gasteiger partial charge in [0.05, 0.1) is 22.9 Å². The summed E-state index contributed by atoms with van der Waals surface area (Å²) in [6.45, 7) is 1.84. The van der Waals surface area contributed by atoms with Crippen LogP contribution >= 0.6 is 23.2 Å². The van der Waals surface area contributed by atoms with Gasteiger partial charge in [-0.25, -0.2) is 10.2 Å². The zero-order valence-electron chi connectivity index (χ0n) is 15.6. The van der Waals surface area contributed by atoms with Crippen LogP contribution in [0, 0.1) is 0 Å². The number of hydrogen-bond acceptors (Lipinski definition) is 6. The van der Waals surface area contributed by atoms with Crippen LogP contribution in [0.15, 0.2) is 45.9 Å². The van der Waals surface area contributed by atoms with Crippen molar-refractivity contribution in [2.24, 2.45) is 5.10 Å². The summed E-state index contributed by atoms with van der Waals surface area (Å²) in [7, 11) is 0. The van der Waals surface area contributed by atoms with Crippen LogP contribution in [-0.4, -0.2) is 36.4 Å². The molecule has 0 bridgehead atoms. The standard InChI is InChI=1S/C20H16Cl2N2O6/c1-2-28-13-3-4-16-12(7-13)8-17(30-16)20(27)24-23-9-11-5-14(21)19(15(22)6-11)29-10-18(25)26/h3-9H,2,10H2,1H3,(H,24,27)(H,25,26)/b23-9+. The van der Waals surface area contributed by atoms with Crippen LogP contribution in [0.2, 0.25) is 10.0 Å². The van der Waals surface area contributed by atoms with Crippen molar-refractivity contribution < 1.29 is 28.6 Å². The molecule has 0 unspecified atom stereocenters. The van der Waals surface area contributed by atoms with Gasteiger partial charge >= 0.3 is 11.9 Å². The molecular weight excluding hydrogens is 435 g/mol. The number of carboxylic acid groups (broad SMARTS) is 1. The van der Waals surface area contributed by atoms with E-state index in [9.17, 15) is 9.59 Å². The number of halogens is 2. The number of benzene rings is 2. The Balaban J connectivity index is 1.68. The number of carbonyl (C=O) groups excluding carboxylic acids is 1. The molecule has 2 N–H and O–H groups in total. The van der Waals surface area contributed by atoms with Crippen molar-refractivity contribution >= 4 is 52.3 Å². The molecule has 2 aromatic carbocycles. The number of fused-ring (bicyclic) bond motifs is 1. The molecule has 0 atom stereocenters. The highest BCUT2D eigenvalue weighted by molar-refractivity contribution is 6.37. The zero-order chi connectivity index (χ0) is 21.7. The first-order chi connectivity index (χ1) is 14.4. The van der Waals surface area contributed by atoms with Crippen LogP contribution in [0.4, 0.5) is 0 Å². The number of furan rings is 1. The van der Waals surface area contributed by atoms with E-state index >= 15 is 0 Å². The van der Waals surface area contributed by atoms with Gasteiger partial charge < -0.3 is 19.0 Å². The summed E-state index contributed by atoms with van der Waals surface area (Å²) in [6.07, 6.45) is 1.33. The van der Waals surface area contributed by atoms with E-state index in [4.69, 9.17) is 42.2 Å². The average Bonchev–Trinajstić information content (AvgIpc) is 3.11. The molecule has 3 rings (SSSR count). The van der Waals surface area contributed by atoms with E-state index < -0.39 is 18.5 Å². The maximum atomic E-state index is 12.3. The summed E-state index contributed by atoms with van der Waals surface area (Å²) in [5, 5.41) is 13.5. The third-order valence-corrected chi connectivity index (χ3v) is 4.32. The molecule has 10 heteroatoms. The van der Waals surface area contributed by atoms with Crippen LogP contribution < -0.4 is 14.9 Å². The average molecular weight is 451 g/mol. The number of nitrogens with zero attached hydrogens (tertiary/aromatic N) is 1. The van der Waals surface area contributed by atoms with Crippen molar-refractivity contribution in [2.45, 2.75) is 6.92 Å². The maximum Gasteiger partial charge on any atom is 0.341 e. The summed E-state index contributed by atoms with van der Waals surface area (Å²) in [4.78, 5) is 22.9. The molecule has 0 saturated carbocycles. The van der Waals surface area contributed by atoms with Crippen molar-refractivity contribution in [3.63, 3.8) is 0 Å². The van der Waals surface area contributed by atoms with Gasteiger partial charge in [0.25, 0.3) is 0 Å². The Bertz CT molecular complexity index is 1100. The van der Waals surface area contributed by atoms with E-state index in [1.165, 1.54) is 18.3 Å². The van der Waals surface area contributed by atoms with Crippen molar-refractivity contribution in [3.8, 4) is 11.5 Å². The first-order valence-corrected chi connectivity index (χ1v) is 9.46. The molecule has 1 amide bonds. The molecule has 0 fully saturated rings. The minimum Gasteiger partial charge on any atom is -0.494 e. The Morgan fingerprint density at radius 1 is 1.17 bits per heavy atom. The van der Waals surface area contributed by atoms with Gasteiger partial charge in [0.15, 0.2) is 18.1 Å². The quantitative estimate of drug-likeness (QED) is 0.389. The van der Waals surface area contributed by atoms with Crippen LogP contribution in [0.3, 0.4) is 0 Å². The van der Waals surface area contributed by atoms with Crippen molar-refractivity contribution in [3.05, 3.63) is 57.8 Å². The molecule has 0 spiro atoms. The molecule has 156 valence electrons. The number of carboxylic acids is 1. The Hall–Kier alpha value is -3.23. The topological polar surface area (TPSA) is 110 Å². The van der Waals surface area contributed by atoms with Crippen molar-refractivity contribution in [1.29, 1.82) is 0 Å². The Morgan fingerprint density at radius 3 is 2.57 bits per heavy atom. The summed E-state index contributed by atoms with van der Waals surface area (Å²) in [5.74, 6) is -0.880. The zero-order valence-corrected chi connectivity index (χ0v) is 17.2. The first kappa shape index (κ1) is 21.5. The van der Waals surface area contributed by atoms with Crippen LogP contribution in [-0.2, 0) is 4.79 Å². The molecule has 8 nitrogen and oxygen atoms in total. The Kier molecular flexibility index (Phi) is 6.81. The van der Waals surface area contributed by atoms with Gasteiger partial charge in [0, 0.05) is 5.39 Å². The van der Waals surface area contributed by atoms with E-state index in [-0.39, 0.29) is 21.6 Å². The summed E-state index contributed by atoms with van der Waals surface area (Å²) in [5.41, 5.74) is 3.37. The highest BCUT2D eigenvalue weighted by Crippen LogP contribution is 2.33. The van der Waals surface area contributed by atoms with Crippen molar-refractivity contribution in [1.82, 2.24) is 5.43 Å². The van der Waals surface area contributed by atoms with Crippen LogP contribution in [0.1, 0.15) is 23.0 Å². The predicted octanol–water partition coefficient (Wildman–Crippen LogP) is 4.37. The minimum atomic E-state index is -1.16. The largest absolute Gasteiger partial charge is 0.494 e. The van der Waals surface area contributed by atoms with E-state index in [1.807, 2.05) is 6.92 Å². The van der Waals surface area contributed by atoms with Gasteiger partial charge in [-0.1, -0.05) is 23.2 Å². The van der Waals surface area contributed by atoms with E-state index in [1.54, 1.807) is 24.3 Å². The molecule has 0 saturated heterocycles. The van der Waals surface area contributed by atoms with Gasteiger partial charge in [-0.05, 0) is 48.9 Å². The monoisotopic (exact) mass is 450 g/mol. The lowest BCUT2D eigenvalue weighted by Crippen LogP contribution is -2.16. The van der Waals surface area contributed by atoms with Crippen LogP contribution in [0.5, 0.6) is 11.5 Å². The van der Waals surface area contributed by atoms with Gasteiger partial charge in [0.2, 0.25) is 0 Å². The number of aliphatic carboxylic acids is 1. The first-order valence-electron chi connectivity index (χ1n) is 8.70. The fourth-order valence-corrected chi connectivity index (χ4v) is 3.15. The maximum absolute atomic E-state index is 12.3. The summed E-state index contributed by atoms with van der Waals surface area (Å²) in [6, 6.07) is 9.78. The van der Waals surface area contributed by atoms with Gasteiger partial charge in [-0.15, -0.1) is 0 Å². The second kappa shape index (κ2) is 9.51. The third-order valence-electron chi connectivity index (χ3n) is 3.76. The number of hydrogen-bond donors (Lipinski definition) is 2. The number of amides is 1. The van der Waals surface area contributed by atoms with E-state index in [2.05, 4.69) is 10.5 Å². The normalized spacial score (nSPS) is 11.0. The summed E-state index contributed by atoms with van der Waals surface area (Å²) < 4.78 is 16.0. The molecule has 0 radical (unpaired) electrons. The number of carbonyl (C=O) groups is 2. The lowest BCUT2D eigenvalue weighted by Gasteiger charge is -2.08. The fourth-order valence-electron chi connectivity index (χ4n) is 2.54. The van der Waals surface area contributed by atoms with Gasteiger partial charge in [-0.3, -0.25) is 4.79 Å². The van der Waals surface area contributed by atoms with E-state index in [0.29, 0.717) is 23.5 Å². The molecule has 1 heterocycles. The number of hydrazone groups is 1. The van der Waals surface area contributed by atoms with E-state index in [0.717, 1.165) is 5.39 Å². The van der Waals surface area contributed by atoms with Gasteiger partial charge in [0.1, 0.15) is 11.3 Å². The molecular formula is C20H16Cl2N2O6. The second-order valence-corrected chi connectivity index (χ2v) is 6.75. The second-order valence-electron chi connectivity index (χ2n) is 5.94. The number of ether oxygens (including phenoxy) is 2. The summed E-state index contributed by atoms with van der Waals surface area (Å²) >= 11 is 12.1. The molecule has 1 aromatic heterocycles. The lowest BCUT2D eigenvalue weighted by molar-refractivity contribution is -0.139. The fraction of sp³-hybridized carbons (Fsp3) is 0.150. The highest BCUT2D eigenvalue weighted by Gasteiger charge is 2.13. The predicted molar refractivity (Wildman–Crippen MR) is 112 cm³/mol. The molecule has 0 aliphatic carbocycles. The number of nitrogens with one attached hydrogen (secondary N) is 1. The molecule has 3 aromatic rings. The third kappa shape index (κ3) is 5.22. The van der Waals surface area contributed by atoms with Gasteiger partial charge in [-0.2, -0.15) is 5.10 Å². The number of rotatable bonds is 8.